The van der Waals surface area contributed by atoms with Crippen LogP contribution in [0.4, 0.5) is 16.3 Å². The van der Waals surface area contributed by atoms with E-state index in [2.05, 4.69) is 71.1 Å². The Morgan fingerprint density at radius 2 is 1.95 bits per heavy atom. The van der Waals surface area contributed by atoms with Crippen LogP contribution in [0.3, 0.4) is 0 Å². The van der Waals surface area contributed by atoms with Crippen LogP contribution in [-0.4, -0.2) is 72.9 Å². The topological polar surface area (TPSA) is 121 Å². The first kappa shape index (κ1) is 28.0. The van der Waals surface area contributed by atoms with Crippen molar-refractivity contribution in [3.63, 3.8) is 0 Å². The zero-order valence-electron chi connectivity index (χ0n) is 24.5. The Kier molecular flexibility index (Phi) is 8.02. The Bertz CT molecular complexity index is 1500. The SMILES string of the molecule is Cc1cccc2cccc(N3CCc4c(nc(OC[C@@H]5CCCN5C)nc4N4CC[C@H](OC(N)=O)[C@@H](CC#N)C4)C3)c12. The van der Waals surface area contributed by atoms with Crippen molar-refractivity contribution in [2.75, 3.05) is 49.6 Å². The molecule has 42 heavy (non-hydrogen) atoms. The van der Waals surface area contributed by atoms with Crippen LogP contribution in [0.25, 0.3) is 10.8 Å². The Hall–Kier alpha value is -4.10. The molecule has 3 aromatic rings. The van der Waals surface area contributed by atoms with Gasteiger partial charge in [-0.3, -0.25) is 0 Å². The number of nitrogens with two attached hydrogens (primary N) is 1. The summed E-state index contributed by atoms with van der Waals surface area (Å²) in [5.74, 6) is 0.709. The molecule has 220 valence electrons. The predicted octanol–water partition coefficient (Wildman–Crippen LogP) is 4.18. The molecule has 3 atom stereocenters. The van der Waals surface area contributed by atoms with Gasteiger partial charge in [0.1, 0.15) is 18.5 Å². The highest BCUT2D eigenvalue weighted by atomic mass is 16.6. The largest absolute Gasteiger partial charge is 0.462 e. The van der Waals surface area contributed by atoms with Gasteiger partial charge in [0.15, 0.2) is 0 Å². The Morgan fingerprint density at radius 3 is 2.71 bits per heavy atom. The summed E-state index contributed by atoms with van der Waals surface area (Å²) < 4.78 is 11.7. The van der Waals surface area contributed by atoms with E-state index in [1.165, 1.54) is 28.4 Å². The highest BCUT2D eigenvalue weighted by Crippen LogP contribution is 2.37. The minimum Gasteiger partial charge on any atom is -0.462 e. The van der Waals surface area contributed by atoms with Crippen molar-refractivity contribution in [1.82, 2.24) is 14.9 Å². The molecule has 6 rings (SSSR count). The number of piperidine rings is 1. The van der Waals surface area contributed by atoms with Crippen LogP contribution in [-0.2, 0) is 17.7 Å². The lowest BCUT2D eigenvalue weighted by molar-refractivity contribution is 0.0567. The summed E-state index contributed by atoms with van der Waals surface area (Å²) in [5.41, 5.74) is 9.90. The molecule has 2 fully saturated rings. The van der Waals surface area contributed by atoms with Crippen LogP contribution < -0.4 is 20.3 Å². The van der Waals surface area contributed by atoms with E-state index in [0.29, 0.717) is 44.7 Å². The molecule has 2 aromatic carbocycles. The van der Waals surface area contributed by atoms with Gasteiger partial charge in [0, 0.05) is 61.1 Å². The van der Waals surface area contributed by atoms with Gasteiger partial charge < -0.3 is 29.9 Å². The van der Waals surface area contributed by atoms with E-state index >= 15 is 0 Å². The van der Waals surface area contributed by atoms with Crippen molar-refractivity contribution in [3.05, 3.63) is 53.2 Å². The third-order valence-electron chi connectivity index (χ3n) is 9.12. The van der Waals surface area contributed by atoms with E-state index in [9.17, 15) is 10.1 Å². The molecule has 0 bridgehead atoms. The van der Waals surface area contributed by atoms with Crippen LogP contribution in [0.2, 0.25) is 0 Å². The number of amides is 1. The number of rotatable bonds is 7. The Balaban J connectivity index is 1.33. The smallest absolute Gasteiger partial charge is 0.404 e. The highest BCUT2D eigenvalue weighted by molar-refractivity contribution is 5.97. The van der Waals surface area contributed by atoms with E-state index in [1.807, 2.05) is 0 Å². The maximum atomic E-state index is 11.5. The number of primary amides is 1. The molecule has 10 nitrogen and oxygen atoms in total. The highest BCUT2D eigenvalue weighted by Gasteiger charge is 2.35. The number of likely N-dealkylation sites (N-methyl/N-ethyl adjacent to an activating group) is 1. The minimum absolute atomic E-state index is 0.155. The van der Waals surface area contributed by atoms with Gasteiger partial charge in [-0.2, -0.15) is 15.2 Å². The average molecular weight is 570 g/mol. The number of likely N-dealkylation sites (tertiary alicyclic amines) is 1. The number of hydrogen-bond donors (Lipinski definition) is 1. The standard InChI is InChI=1S/C32H39N7O3/c1-21-6-3-7-22-8-4-10-27(29(21)22)38-16-12-25-26(19-38)35-32(41-20-24-9-5-15-37(24)2)36-30(25)39-17-13-28(42-31(34)40)23(18-39)11-14-33/h3-4,6-8,10,23-24,28H,5,9,11-13,15-20H2,1-2H3,(H2,34,40)/t23-,24-,28-/m0/s1. The average Bonchev–Trinajstić information content (AvgIpc) is 3.40. The quantitative estimate of drug-likeness (QED) is 0.447. The molecule has 3 aliphatic rings. The number of aryl methyl sites for hydroxylation is 1. The fraction of sp³-hybridized carbons (Fsp3) is 0.500. The summed E-state index contributed by atoms with van der Waals surface area (Å²) in [4.78, 5) is 28.4. The van der Waals surface area contributed by atoms with Gasteiger partial charge in [0.25, 0.3) is 0 Å². The molecule has 4 heterocycles. The summed E-state index contributed by atoms with van der Waals surface area (Å²) in [6.45, 7) is 6.47. The van der Waals surface area contributed by atoms with Crippen molar-refractivity contribution in [2.45, 2.75) is 57.7 Å². The van der Waals surface area contributed by atoms with Gasteiger partial charge in [-0.25, -0.2) is 4.79 Å². The molecule has 0 saturated carbocycles. The maximum absolute atomic E-state index is 11.5. The lowest BCUT2D eigenvalue weighted by Crippen LogP contribution is -2.46. The molecule has 0 unspecified atom stereocenters. The van der Waals surface area contributed by atoms with E-state index in [0.717, 1.165) is 43.0 Å². The molecule has 1 aromatic heterocycles. The fourth-order valence-electron chi connectivity index (χ4n) is 6.87. The second kappa shape index (κ2) is 12.0. The van der Waals surface area contributed by atoms with Crippen LogP contribution in [0.15, 0.2) is 36.4 Å². The minimum atomic E-state index is -0.799. The second-order valence-electron chi connectivity index (χ2n) is 11.8. The molecule has 0 aliphatic carbocycles. The van der Waals surface area contributed by atoms with E-state index in [4.69, 9.17) is 25.2 Å². The first-order valence-corrected chi connectivity index (χ1v) is 15.0. The summed E-state index contributed by atoms with van der Waals surface area (Å²) in [5, 5.41) is 12.0. The van der Waals surface area contributed by atoms with Crippen molar-refractivity contribution in [1.29, 1.82) is 5.26 Å². The number of benzene rings is 2. The number of hydrogen-bond acceptors (Lipinski definition) is 9. The summed E-state index contributed by atoms with van der Waals surface area (Å²) in [7, 11) is 2.14. The zero-order valence-corrected chi connectivity index (χ0v) is 24.5. The Labute approximate surface area is 247 Å². The van der Waals surface area contributed by atoms with Crippen molar-refractivity contribution < 1.29 is 14.3 Å². The number of carbonyl (C=O) groups excluding carboxylic acids is 1. The number of nitrogens with zero attached hydrogens (tertiary/aromatic N) is 6. The molecule has 10 heteroatoms. The normalized spacial score (nSPS) is 22.5. The predicted molar refractivity (Wildman–Crippen MR) is 162 cm³/mol. The Morgan fingerprint density at radius 1 is 1.12 bits per heavy atom. The molecular weight excluding hydrogens is 530 g/mol. The van der Waals surface area contributed by atoms with Gasteiger partial charge in [-0.1, -0.05) is 30.3 Å². The summed E-state index contributed by atoms with van der Waals surface area (Å²) >= 11 is 0. The monoisotopic (exact) mass is 569 g/mol. The molecule has 2 saturated heterocycles. The molecular formula is C32H39N7O3. The van der Waals surface area contributed by atoms with Crippen molar-refractivity contribution >= 4 is 28.4 Å². The first-order chi connectivity index (χ1) is 20.4. The summed E-state index contributed by atoms with van der Waals surface area (Å²) in [6.07, 6.45) is 2.74. The van der Waals surface area contributed by atoms with Gasteiger partial charge in [-0.15, -0.1) is 0 Å². The van der Waals surface area contributed by atoms with Crippen LogP contribution in [0.5, 0.6) is 6.01 Å². The number of carbonyl (C=O) groups is 1. The third kappa shape index (κ3) is 5.66. The van der Waals surface area contributed by atoms with Crippen LogP contribution in [0.1, 0.15) is 42.5 Å². The van der Waals surface area contributed by atoms with Gasteiger partial charge >= 0.3 is 12.1 Å². The molecule has 2 N–H and O–H groups in total. The van der Waals surface area contributed by atoms with Crippen molar-refractivity contribution in [2.24, 2.45) is 11.7 Å². The molecule has 0 radical (unpaired) electrons. The van der Waals surface area contributed by atoms with Gasteiger partial charge in [-0.05, 0) is 56.8 Å². The number of fused-ring (bicyclic) bond motifs is 2. The molecule has 0 spiro atoms. The third-order valence-corrected chi connectivity index (χ3v) is 9.12. The zero-order chi connectivity index (χ0) is 29.2. The van der Waals surface area contributed by atoms with Gasteiger partial charge in [0.05, 0.1) is 18.3 Å². The fourth-order valence-corrected chi connectivity index (χ4v) is 6.87. The van der Waals surface area contributed by atoms with Crippen molar-refractivity contribution in [3.8, 4) is 12.1 Å². The molecule has 3 aliphatic heterocycles. The van der Waals surface area contributed by atoms with Gasteiger partial charge in [0.2, 0.25) is 0 Å². The van der Waals surface area contributed by atoms with E-state index in [1.54, 1.807) is 0 Å². The number of ether oxygens (including phenoxy) is 2. The maximum Gasteiger partial charge on any atom is 0.404 e. The number of aromatic nitrogens is 2. The van der Waals surface area contributed by atoms with Crippen LogP contribution in [0, 0.1) is 24.2 Å². The summed E-state index contributed by atoms with van der Waals surface area (Å²) in [6, 6.07) is 15.9. The lowest BCUT2D eigenvalue weighted by Gasteiger charge is -2.39. The molecule has 1 amide bonds. The van der Waals surface area contributed by atoms with E-state index in [-0.39, 0.29) is 18.4 Å². The second-order valence-corrected chi connectivity index (χ2v) is 11.8. The van der Waals surface area contributed by atoms with E-state index < -0.39 is 6.09 Å². The number of nitriles is 1. The lowest BCUT2D eigenvalue weighted by atomic mass is 9.91. The van der Waals surface area contributed by atoms with Crippen LogP contribution >= 0.6 is 0 Å². The number of anilines is 2. The first-order valence-electron chi connectivity index (χ1n) is 15.0.